The maximum atomic E-state index is 12.1. The van der Waals surface area contributed by atoms with Gasteiger partial charge < -0.3 is 5.32 Å². The fourth-order valence-corrected chi connectivity index (χ4v) is 2.93. The van der Waals surface area contributed by atoms with Crippen LogP contribution in [0.2, 0.25) is 0 Å². The second-order valence-corrected chi connectivity index (χ2v) is 6.68. The number of benzene rings is 2. The van der Waals surface area contributed by atoms with Crippen molar-refractivity contribution in [3.8, 4) is 0 Å². The van der Waals surface area contributed by atoms with Gasteiger partial charge in [0.15, 0.2) is 0 Å². The molecule has 0 unspecified atom stereocenters. The number of anilines is 1. The predicted molar refractivity (Wildman–Crippen MR) is 90.0 cm³/mol. The Hall–Kier alpha value is -1.26. The van der Waals surface area contributed by atoms with Crippen molar-refractivity contribution in [1.82, 2.24) is 0 Å². The van der Waals surface area contributed by atoms with Crippen LogP contribution in [0.25, 0.3) is 0 Å². The van der Waals surface area contributed by atoms with Crippen LogP contribution in [-0.4, -0.2) is 11.2 Å². The van der Waals surface area contributed by atoms with Gasteiger partial charge in [-0.2, -0.15) is 0 Å². The van der Waals surface area contributed by atoms with Gasteiger partial charge in [0.25, 0.3) is 0 Å². The largest absolute Gasteiger partial charge is 0.325 e. The summed E-state index contributed by atoms with van der Waals surface area (Å²) in [5, 5.41) is 2.84. The summed E-state index contributed by atoms with van der Waals surface area (Å²) >= 11 is 5.03. The van der Waals surface area contributed by atoms with Gasteiger partial charge in [0.05, 0.1) is 5.25 Å². The molecular weight excluding hydrogens is 334 g/mol. The van der Waals surface area contributed by atoms with Crippen molar-refractivity contribution in [2.45, 2.75) is 17.9 Å². The van der Waals surface area contributed by atoms with Gasteiger partial charge in [0.1, 0.15) is 0 Å². The minimum Gasteiger partial charge on any atom is -0.325 e. The zero-order valence-electron chi connectivity index (χ0n) is 11.2. The van der Waals surface area contributed by atoms with E-state index in [1.807, 2.05) is 49.4 Å². The van der Waals surface area contributed by atoms with Crippen LogP contribution in [0.1, 0.15) is 12.5 Å². The maximum absolute atomic E-state index is 12.1. The monoisotopic (exact) mass is 349 g/mol. The van der Waals surface area contributed by atoms with E-state index >= 15 is 0 Å². The average Bonchev–Trinajstić information content (AvgIpc) is 2.46. The van der Waals surface area contributed by atoms with Gasteiger partial charge in [-0.25, -0.2) is 0 Å². The Kier molecular flexibility index (Phi) is 5.68. The molecule has 104 valence electrons. The summed E-state index contributed by atoms with van der Waals surface area (Å²) in [7, 11) is 0. The first-order valence-corrected chi connectivity index (χ1v) is 8.21. The molecule has 0 fully saturated rings. The first-order valence-electron chi connectivity index (χ1n) is 6.37. The third kappa shape index (κ3) is 4.69. The van der Waals surface area contributed by atoms with Gasteiger partial charge >= 0.3 is 0 Å². The predicted octanol–water partition coefficient (Wildman–Crippen LogP) is 4.71. The van der Waals surface area contributed by atoms with E-state index in [9.17, 15) is 4.79 Å². The highest BCUT2D eigenvalue weighted by Gasteiger charge is 2.13. The van der Waals surface area contributed by atoms with Gasteiger partial charge in [0.2, 0.25) is 5.91 Å². The number of halogens is 1. The molecule has 4 heteroatoms. The molecule has 1 amide bonds. The molecule has 0 aliphatic heterocycles. The zero-order chi connectivity index (χ0) is 14.4. The van der Waals surface area contributed by atoms with E-state index in [-0.39, 0.29) is 11.2 Å². The van der Waals surface area contributed by atoms with E-state index in [1.165, 1.54) is 5.56 Å². The van der Waals surface area contributed by atoms with E-state index in [1.54, 1.807) is 11.8 Å². The van der Waals surface area contributed by atoms with Crippen molar-refractivity contribution in [2.75, 3.05) is 5.32 Å². The molecule has 2 rings (SSSR count). The van der Waals surface area contributed by atoms with E-state index in [2.05, 4.69) is 33.4 Å². The Morgan fingerprint density at radius 2 is 1.95 bits per heavy atom. The second-order valence-electron chi connectivity index (χ2n) is 4.44. The molecule has 0 aromatic heterocycles. The van der Waals surface area contributed by atoms with Crippen LogP contribution in [0.3, 0.4) is 0 Å². The SMILES string of the molecule is C[C@@H](SCc1ccccc1)C(=O)Nc1cccc(Br)c1. The number of hydrogen-bond acceptors (Lipinski definition) is 2. The summed E-state index contributed by atoms with van der Waals surface area (Å²) in [4.78, 5) is 12.1. The number of carbonyl (C=O) groups excluding carboxylic acids is 1. The zero-order valence-corrected chi connectivity index (χ0v) is 13.6. The van der Waals surface area contributed by atoms with E-state index < -0.39 is 0 Å². The Morgan fingerprint density at radius 1 is 1.20 bits per heavy atom. The third-order valence-corrected chi connectivity index (χ3v) is 4.51. The van der Waals surface area contributed by atoms with Crippen LogP contribution in [0, 0.1) is 0 Å². The third-order valence-electron chi connectivity index (χ3n) is 2.80. The summed E-state index contributed by atoms with van der Waals surface area (Å²) < 4.78 is 0.958. The topological polar surface area (TPSA) is 29.1 Å². The van der Waals surface area contributed by atoms with Crippen LogP contribution in [-0.2, 0) is 10.5 Å². The fourth-order valence-electron chi connectivity index (χ4n) is 1.68. The van der Waals surface area contributed by atoms with E-state index in [4.69, 9.17) is 0 Å². The first kappa shape index (κ1) is 15.1. The fraction of sp³-hybridized carbons (Fsp3) is 0.188. The molecule has 0 heterocycles. The van der Waals surface area contributed by atoms with Crippen molar-refractivity contribution in [3.05, 3.63) is 64.6 Å². The maximum Gasteiger partial charge on any atom is 0.237 e. The van der Waals surface area contributed by atoms with Gasteiger partial charge in [0, 0.05) is 15.9 Å². The molecule has 0 aliphatic rings. The number of carbonyl (C=O) groups is 1. The molecule has 2 nitrogen and oxygen atoms in total. The Balaban J connectivity index is 1.86. The molecule has 2 aromatic carbocycles. The summed E-state index contributed by atoms with van der Waals surface area (Å²) in [6.07, 6.45) is 0. The lowest BCUT2D eigenvalue weighted by molar-refractivity contribution is -0.115. The highest BCUT2D eigenvalue weighted by Crippen LogP contribution is 2.20. The summed E-state index contributed by atoms with van der Waals surface area (Å²) in [6.45, 7) is 1.93. The highest BCUT2D eigenvalue weighted by molar-refractivity contribution is 9.10. The van der Waals surface area contributed by atoms with Crippen LogP contribution < -0.4 is 5.32 Å². The number of hydrogen-bond donors (Lipinski definition) is 1. The number of nitrogens with one attached hydrogen (secondary N) is 1. The molecule has 0 bridgehead atoms. The molecular formula is C16H16BrNOS. The van der Waals surface area contributed by atoms with Crippen LogP contribution in [0.5, 0.6) is 0 Å². The normalized spacial score (nSPS) is 11.9. The van der Waals surface area contributed by atoms with Crippen LogP contribution >= 0.6 is 27.7 Å². The van der Waals surface area contributed by atoms with Crippen LogP contribution in [0.15, 0.2) is 59.1 Å². The van der Waals surface area contributed by atoms with Crippen molar-refractivity contribution in [1.29, 1.82) is 0 Å². The Morgan fingerprint density at radius 3 is 2.65 bits per heavy atom. The Labute approximate surface area is 132 Å². The minimum atomic E-state index is -0.0887. The standard InChI is InChI=1S/C16H16BrNOS/c1-12(20-11-13-6-3-2-4-7-13)16(19)18-15-9-5-8-14(17)10-15/h2-10,12H,11H2,1H3,(H,18,19)/t12-/m1/s1. The Bertz CT molecular complexity index is 574. The highest BCUT2D eigenvalue weighted by atomic mass is 79.9. The number of amides is 1. The minimum absolute atomic E-state index is 0.0315. The first-order chi connectivity index (χ1) is 9.65. The molecule has 0 saturated heterocycles. The van der Waals surface area contributed by atoms with Crippen LogP contribution in [0.4, 0.5) is 5.69 Å². The molecule has 0 aliphatic carbocycles. The molecule has 0 radical (unpaired) electrons. The number of thioether (sulfide) groups is 1. The summed E-state index contributed by atoms with van der Waals surface area (Å²) in [5.74, 6) is 0.873. The van der Waals surface area contributed by atoms with Crippen molar-refractivity contribution < 1.29 is 4.79 Å². The molecule has 2 aromatic rings. The lowest BCUT2D eigenvalue weighted by Crippen LogP contribution is -2.22. The van der Waals surface area contributed by atoms with Gasteiger partial charge in [-0.3, -0.25) is 4.79 Å². The smallest absolute Gasteiger partial charge is 0.237 e. The van der Waals surface area contributed by atoms with E-state index in [0.717, 1.165) is 15.9 Å². The quantitative estimate of drug-likeness (QED) is 0.846. The van der Waals surface area contributed by atoms with Gasteiger partial charge in [-0.05, 0) is 30.7 Å². The molecule has 0 saturated carbocycles. The molecule has 1 atom stereocenters. The van der Waals surface area contributed by atoms with E-state index in [0.29, 0.717) is 0 Å². The second kappa shape index (κ2) is 7.50. The van der Waals surface area contributed by atoms with Gasteiger partial charge in [-0.1, -0.05) is 52.3 Å². The molecule has 1 N–H and O–H groups in total. The lowest BCUT2D eigenvalue weighted by atomic mass is 10.2. The van der Waals surface area contributed by atoms with Crippen molar-refractivity contribution in [2.24, 2.45) is 0 Å². The summed E-state index contributed by atoms with van der Waals surface area (Å²) in [5.41, 5.74) is 2.05. The summed E-state index contributed by atoms with van der Waals surface area (Å²) in [6, 6.07) is 17.8. The molecule has 0 spiro atoms. The average molecular weight is 350 g/mol. The number of rotatable bonds is 5. The van der Waals surface area contributed by atoms with Crippen molar-refractivity contribution >= 4 is 39.3 Å². The molecule has 20 heavy (non-hydrogen) atoms. The van der Waals surface area contributed by atoms with Gasteiger partial charge in [-0.15, -0.1) is 11.8 Å². The lowest BCUT2D eigenvalue weighted by Gasteiger charge is -2.12. The van der Waals surface area contributed by atoms with Crippen molar-refractivity contribution in [3.63, 3.8) is 0 Å².